The number of aryl methyl sites for hydroxylation is 1. The van der Waals surface area contributed by atoms with Crippen molar-refractivity contribution in [1.82, 2.24) is 4.57 Å². The molecule has 6 heteroatoms. The van der Waals surface area contributed by atoms with Crippen LogP contribution in [0, 0.1) is 0 Å². The molecule has 0 saturated heterocycles. The summed E-state index contributed by atoms with van der Waals surface area (Å²) in [6, 6.07) is 13.7. The van der Waals surface area contributed by atoms with Crippen molar-refractivity contribution in [2.75, 3.05) is 17.3 Å². The predicted octanol–water partition coefficient (Wildman–Crippen LogP) is 2.94. The maximum atomic E-state index is 12.5. The molecule has 6 nitrogen and oxygen atoms in total. The van der Waals surface area contributed by atoms with Gasteiger partial charge in [0.1, 0.15) is 0 Å². The molecule has 0 saturated carbocycles. The fourth-order valence-corrected chi connectivity index (χ4v) is 2.72. The number of hydrogen-bond acceptors (Lipinski definition) is 3. The molecule has 0 bridgehead atoms. The Hall–Kier alpha value is -3.67. The second-order valence-corrected chi connectivity index (χ2v) is 6.14. The van der Waals surface area contributed by atoms with Crippen LogP contribution in [0.25, 0.3) is 10.8 Å². The van der Waals surface area contributed by atoms with E-state index in [-0.39, 0.29) is 17.4 Å². The topological polar surface area (TPSA) is 71.4 Å². The second kappa shape index (κ2) is 7.29. The van der Waals surface area contributed by atoms with Gasteiger partial charge in [0.2, 0.25) is 5.91 Å². The van der Waals surface area contributed by atoms with Gasteiger partial charge in [0, 0.05) is 42.6 Å². The summed E-state index contributed by atoms with van der Waals surface area (Å²) in [7, 11) is 3.32. The molecular formula is C21H19N3O3. The first-order valence-electron chi connectivity index (χ1n) is 8.31. The third-order valence-electron chi connectivity index (χ3n) is 4.36. The highest BCUT2D eigenvalue weighted by Crippen LogP contribution is 2.18. The molecule has 0 spiro atoms. The van der Waals surface area contributed by atoms with Gasteiger partial charge in [0.05, 0.1) is 0 Å². The van der Waals surface area contributed by atoms with Crippen LogP contribution in [0.15, 0.2) is 72.2 Å². The van der Waals surface area contributed by atoms with Crippen LogP contribution >= 0.6 is 0 Å². The zero-order valence-electron chi connectivity index (χ0n) is 15.1. The zero-order chi connectivity index (χ0) is 19.6. The number of nitrogens with one attached hydrogen (secondary N) is 1. The molecule has 2 aromatic carbocycles. The van der Waals surface area contributed by atoms with E-state index in [0.717, 1.165) is 5.39 Å². The summed E-state index contributed by atoms with van der Waals surface area (Å²) in [6.07, 6.45) is 2.93. The van der Waals surface area contributed by atoms with Gasteiger partial charge in [-0.25, -0.2) is 0 Å². The number of carbonyl (C=O) groups is 2. The van der Waals surface area contributed by atoms with Crippen molar-refractivity contribution in [3.05, 3.63) is 83.3 Å². The van der Waals surface area contributed by atoms with Crippen molar-refractivity contribution in [1.29, 1.82) is 0 Å². The van der Waals surface area contributed by atoms with Crippen molar-refractivity contribution >= 4 is 34.0 Å². The molecule has 1 heterocycles. The normalized spacial score (nSPS) is 10.4. The third-order valence-corrected chi connectivity index (χ3v) is 4.36. The Morgan fingerprint density at radius 2 is 1.81 bits per heavy atom. The average Bonchev–Trinajstić information content (AvgIpc) is 2.70. The molecular weight excluding hydrogens is 342 g/mol. The molecule has 0 unspecified atom stereocenters. The molecule has 1 aromatic heterocycles. The third kappa shape index (κ3) is 3.64. The van der Waals surface area contributed by atoms with Crippen molar-refractivity contribution < 1.29 is 9.59 Å². The van der Waals surface area contributed by atoms with Gasteiger partial charge in [0.25, 0.3) is 11.5 Å². The van der Waals surface area contributed by atoms with E-state index in [0.29, 0.717) is 22.3 Å². The van der Waals surface area contributed by atoms with Crippen LogP contribution in [0.4, 0.5) is 11.4 Å². The van der Waals surface area contributed by atoms with Crippen molar-refractivity contribution in [2.45, 2.75) is 0 Å². The maximum Gasteiger partial charge on any atom is 0.258 e. The Morgan fingerprint density at radius 1 is 1.11 bits per heavy atom. The minimum atomic E-state index is -0.300. The molecule has 0 aliphatic heterocycles. The number of amides is 2. The van der Waals surface area contributed by atoms with Crippen molar-refractivity contribution in [2.24, 2.45) is 7.05 Å². The van der Waals surface area contributed by atoms with E-state index in [1.807, 2.05) is 6.07 Å². The molecule has 3 aromatic rings. The van der Waals surface area contributed by atoms with Crippen molar-refractivity contribution in [3.63, 3.8) is 0 Å². The lowest BCUT2D eigenvalue weighted by molar-refractivity contribution is -0.113. The summed E-state index contributed by atoms with van der Waals surface area (Å²) in [4.78, 5) is 37.8. The number of fused-ring (bicyclic) bond motifs is 1. The van der Waals surface area contributed by atoms with Gasteiger partial charge in [-0.1, -0.05) is 12.6 Å². The predicted molar refractivity (Wildman–Crippen MR) is 107 cm³/mol. The standard InChI is InChI=1S/C21H19N3O3/c1-4-19(25)24(3)17-9-6-15(7-10-17)20(26)22-16-8-5-14-11-12-23(2)21(27)18(14)13-16/h4-13H,1H2,2-3H3,(H,22,26). The lowest BCUT2D eigenvalue weighted by Crippen LogP contribution is -2.23. The number of likely N-dealkylation sites (N-methyl/N-ethyl adjacent to an activating group) is 1. The molecule has 3 rings (SSSR count). The Kier molecular flexibility index (Phi) is 4.90. The summed E-state index contributed by atoms with van der Waals surface area (Å²) in [5.74, 6) is -0.531. The number of benzene rings is 2. The summed E-state index contributed by atoms with van der Waals surface area (Å²) < 4.78 is 1.49. The summed E-state index contributed by atoms with van der Waals surface area (Å²) in [5.41, 5.74) is 1.52. The molecule has 2 amide bonds. The number of pyridine rings is 1. The van der Waals surface area contributed by atoms with E-state index in [1.54, 1.807) is 62.8 Å². The number of rotatable bonds is 4. The Bertz CT molecular complexity index is 1100. The molecule has 1 N–H and O–H groups in total. The number of carbonyl (C=O) groups excluding carboxylic acids is 2. The van der Waals surface area contributed by atoms with E-state index in [1.165, 1.54) is 15.5 Å². The lowest BCUT2D eigenvalue weighted by Gasteiger charge is -2.15. The summed E-state index contributed by atoms with van der Waals surface area (Å²) >= 11 is 0. The molecule has 0 aliphatic carbocycles. The van der Waals surface area contributed by atoms with E-state index in [2.05, 4.69) is 11.9 Å². The monoisotopic (exact) mass is 361 g/mol. The van der Waals surface area contributed by atoms with E-state index in [9.17, 15) is 14.4 Å². The SMILES string of the molecule is C=CC(=O)N(C)c1ccc(C(=O)Nc2ccc3ccn(C)c(=O)c3c2)cc1. The van der Waals surface area contributed by atoms with Crippen LogP contribution in [-0.2, 0) is 11.8 Å². The minimum absolute atomic E-state index is 0.122. The van der Waals surface area contributed by atoms with Gasteiger partial charge in [-0.15, -0.1) is 0 Å². The number of aromatic nitrogens is 1. The molecule has 0 fully saturated rings. The number of hydrogen-bond donors (Lipinski definition) is 1. The Balaban J connectivity index is 1.82. The molecule has 0 atom stereocenters. The largest absolute Gasteiger partial charge is 0.322 e. The van der Waals surface area contributed by atoms with Gasteiger partial charge in [-0.3, -0.25) is 14.4 Å². The molecule has 0 aliphatic rings. The Morgan fingerprint density at radius 3 is 2.48 bits per heavy atom. The highest BCUT2D eigenvalue weighted by atomic mass is 16.2. The van der Waals surface area contributed by atoms with Gasteiger partial charge in [-0.05, 0) is 53.9 Å². The summed E-state index contributed by atoms with van der Waals surface area (Å²) in [6.45, 7) is 3.45. The van der Waals surface area contributed by atoms with Gasteiger partial charge in [-0.2, -0.15) is 0 Å². The highest BCUT2D eigenvalue weighted by molar-refractivity contribution is 6.06. The molecule has 27 heavy (non-hydrogen) atoms. The van der Waals surface area contributed by atoms with Crippen molar-refractivity contribution in [3.8, 4) is 0 Å². The fraction of sp³-hybridized carbons (Fsp3) is 0.0952. The molecule has 136 valence electrons. The quantitative estimate of drug-likeness (QED) is 0.726. The Labute approximate surface area is 156 Å². The minimum Gasteiger partial charge on any atom is -0.322 e. The van der Waals surface area contributed by atoms with Crippen LogP contribution in [0.5, 0.6) is 0 Å². The zero-order valence-corrected chi connectivity index (χ0v) is 15.1. The van der Waals surface area contributed by atoms with Crippen LogP contribution in [0.2, 0.25) is 0 Å². The number of anilines is 2. The first-order chi connectivity index (χ1) is 12.9. The van der Waals surface area contributed by atoms with Crippen LogP contribution in [0.1, 0.15) is 10.4 Å². The maximum absolute atomic E-state index is 12.5. The van der Waals surface area contributed by atoms with Gasteiger partial charge >= 0.3 is 0 Å². The van der Waals surface area contributed by atoms with E-state index >= 15 is 0 Å². The van der Waals surface area contributed by atoms with E-state index in [4.69, 9.17) is 0 Å². The smallest absolute Gasteiger partial charge is 0.258 e. The van der Waals surface area contributed by atoms with Crippen LogP contribution in [-0.4, -0.2) is 23.4 Å². The second-order valence-electron chi connectivity index (χ2n) is 6.14. The lowest BCUT2D eigenvalue weighted by atomic mass is 10.1. The molecule has 0 radical (unpaired) electrons. The van der Waals surface area contributed by atoms with Gasteiger partial charge < -0.3 is 14.8 Å². The highest BCUT2D eigenvalue weighted by Gasteiger charge is 2.11. The van der Waals surface area contributed by atoms with Gasteiger partial charge in [0.15, 0.2) is 0 Å². The number of nitrogens with zero attached hydrogens (tertiary/aromatic N) is 2. The first kappa shape index (κ1) is 18.1. The van der Waals surface area contributed by atoms with Crippen LogP contribution in [0.3, 0.4) is 0 Å². The summed E-state index contributed by atoms with van der Waals surface area (Å²) in [5, 5.41) is 4.15. The average molecular weight is 361 g/mol. The fourth-order valence-electron chi connectivity index (χ4n) is 2.72. The van der Waals surface area contributed by atoms with Crippen LogP contribution < -0.4 is 15.8 Å². The van der Waals surface area contributed by atoms with E-state index < -0.39 is 0 Å². The first-order valence-corrected chi connectivity index (χ1v) is 8.31.